The fourth-order valence-electron chi connectivity index (χ4n) is 1.94. The summed E-state index contributed by atoms with van der Waals surface area (Å²) in [6.07, 6.45) is 1.65. The predicted molar refractivity (Wildman–Crippen MR) is 82.7 cm³/mol. The molecule has 0 atom stereocenters. The van der Waals surface area contributed by atoms with Gasteiger partial charge >= 0.3 is 0 Å². The van der Waals surface area contributed by atoms with Crippen molar-refractivity contribution in [1.29, 1.82) is 0 Å². The lowest BCUT2D eigenvalue weighted by Crippen LogP contribution is -2.03. The lowest BCUT2D eigenvalue weighted by molar-refractivity contribution is 0.347. The number of rotatable bonds is 6. The van der Waals surface area contributed by atoms with E-state index in [9.17, 15) is 0 Å². The third-order valence-electron chi connectivity index (χ3n) is 3.00. The number of halogens is 1. The van der Waals surface area contributed by atoms with E-state index >= 15 is 0 Å². The van der Waals surface area contributed by atoms with E-state index in [-0.39, 0.29) is 0 Å². The minimum Gasteiger partial charge on any atom is -0.496 e. The van der Waals surface area contributed by atoms with Gasteiger partial charge < -0.3 is 19.5 Å². The lowest BCUT2D eigenvalue weighted by Gasteiger charge is -2.15. The standard InChI is InChI=1S/C15H17ClN2O3/c1-19-12-8-14(21-3)13(20-2)6-10(12)9-18-11-4-5-17-15(16)7-11/h4-8H,9H2,1-3H3,(H,17,18). The van der Waals surface area contributed by atoms with Crippen molar-refractivity contribution in [2.24, 2.45) is 0 Å². The highest BCUT2D eigenvalue weighted by Crippen LogP contribution is 2.34. The van der Waals surface area contributed by atoms with Gasteiger partial charge in [-0.15, -0.1) is 0 Å². The minimum absolute atomic E-state index is 0.444. The van der Waals surface area contributed by atoms with Crippen LogP contribution in [0.5, 0.6) is 17.2 Å². The zero-order chi connectivity index (χ0) is 15.2. The normalized spacial score (nSPS) is 10.1. The van der Waals surface area contributed by atoms with Crippen LogP contribution in [-0.4, -0.2) is 26.3 Å². The van der Waals surface area contributed by atoms with Crippen molar-refractivity contribution < 1.29 is 14.2 Å². The first-order chi connectivity index (χ1) is 10.2. The second-order valence-electron chi connectivity index (χ2n) is 4.24. The van der Waals surface area contributed by atoms with E-state index in [2.05, 4.69) is 10.3 Å². The molecule has 5 nitrogen and oxygen atoms in total. The summed E-state index contributed by atoms with van der Waals surface area (Å²) in [6, 6.07) is 7.29. The average Bonchev–Trinajstić information content (AvgIpc) is 2.52. The molecule has 0 aliphatic rings. The molecular formula is C15H17ClN2O3. The Hall–Kier alpha value is -2.14. The van der Waals surface area contributed by atoms with E-state index in [0.29, 0.717) is 23.2 Å². The molecule has 1 heterocycles. The fourth-order valence-corrected chi connectivity index (χ4v) is 2.11. The van der Waals surface area contributed by atoms with Crippen molar-refractivity contribution in [1.82, 2.24) is 4.98 Å². The van der Waals surface area contributed by atoms with Gasteiger partial charge in [0.2, 0.25) is 0 Å². The van der Waals surface area contributed by atoms with E-state index in [1.807, 2.05) is 12.1 Å². The molecule has 0 spiro atoms. The average molecular weight is 309 g/mol. The summed E-state index contributed by atoms with van der Waals surface area (Å²) in [5.74, 6) is 2.01. The fraction of sp³-hybridized carbons (Fsp3) is 0.267. The Labute approximate surface area is 128 Å². The predicted octanol–water partition coefficient (Wildman–Crippen LogP) is 3.37. The maximum absolute atomic E-state index is 5.86. The van der Waals surface area contributed by atoms with Crippen molar-refractivity contribution in [3.8, 4) is 17.2 Å². The largest absolute Gasteiger partial charge is 0.496 e. The van der Waals surface area contributed by atoms with Crippen LogP contribution in [0.3, 0.4) is 0 Å². The number of hydrogen-bond acceptors (Lipinski definition) is 5. The topological polar surface area (TPSA) is 52.6 Å². The summed E-state index contributed by atoms with van der Waals surface area (Å²) in [5, 5.41) is 3.71. The number of ether oxygens (including phenoxy) is 3. The van der Waals surface area contributed by atoms with E-state index < -0.39 is 0 Å². The number of pyridine rings is 1. The minimum atomic E-state index is 0.444. The first-order valence-electron chi connectivity index (χ1n) is 6.32. The quantitative estimate of drug-likeness (QED) is 0.829. The van der Waals surface area contributed by atoms with Gasteiger partial charge in [0, 0.05) is 30.1 Å². The molecule has 2 aromatic rings. The Bertz CT molecular complexity index is 620. The summed E-state index contributed by atoms with van der Waals surface area (Å²) in [4.78, 5) is 3.94. The molecule has 0 unspecified atom stereocenters. The second-order valence-corrected chi connectivity index (χ2v) is 4.63. The van der Waals surface area contributed by atoms with E-state index in [0.717, 1.165) is 17.0 Å². The summed E-state index contributed by atoms with van der Waals surface area (Å²) < 4.78 is 16.0. The van der Waals surface area contributed by atoms with Crippen LogP contribution in [0, 0.1) is 0 Å². The molecule has 0 saturated carbocycles. The van der Waals surface area contributed by atoms with Crippen LogP contribution in [0.2, 0.25) is 5.15 Å². The molecule has 6 heteroatoms. The van der Waals surface area contributed by atoms with Crippen LogP contribution in [0.1, 0.15) is 5.56 Å². The number of benzene rings is 1. The molecule has 1 aromatic carbocycles. The molecule has 0 saturated heterocycles. The highest BCUT2D eigenvalue weighted by Gasteiger charge is 2.11. The molecular weight excluding hydrogens is 292 g/mol. The van der Waals surface area contributed by atoms with Crippen molar-refractivity contribution in [2.75, 3.05) is 26.6 Å². The Balaban J connectivity index is 2.22. The maximum atomic E-state index is 5.86. The smallest absolute Gasteiger partial charge is 0.164 e. The summed E-state index contributed by atoms with van der Waals surface area (Å²) in [6.45, 7) is 0.559. The van der Waals surface area contributed by atoms with Crippen molar-refractivity contribution >= 4 is 17.3 Å². The highest BCUT2D eigenvalue weighted by molar-refractivity contribution is 6.29. The Morgan fingerprint density at radius 1 is 1.00 bits per heavy atom. The zero-order valence-corrected chi connectivity index (χ0v) is 12.9. The van der Waals surface area contributed by atoms with Crippen molar-refractivity contribution in [3.05, 3.63) is 41.2 Å². The number of nitrogens with one attached hydrogen (secondary N) is 1. The summed E-state index contributed by atoms with van der Waals surface area (Å²) in [7, 11) is 4.81. The Morgan fingerprint density at radius 3 is 2.29 bits per heavy atom. The van der Waals surface area contributed by atoms with Gasteiger partial charge in [0.05, 0.1) is 21.3 Å². The molecule has 1 aromatic heterocycles. The van der Waals surface area contributed by atoms with Crippen LogP contribution in [0.4, 0.5) is 5.69 Å². The molecule has 2 rings (SSSR count). The third kappa shape index (κ3) is 3.70. The third-order valence-corrected chi connectivity index (χ3v) is 3.20. The van der Waals surface area contributed by atoms with Gasteiger partial charge in [-0.25, -0.2) is 4.98 Å². The van der Waals surface area contributed by atoms with Crippen LogP contribution in [-0.2, 0) is 6.54 Å². The summed E-state index contributed by atoms with van der Waals surface area (Å²) in [5.41, 5.74) is 1.83. The van der Waals surface area contributed by atoms with Crippen molar-refractivity contribution in [2.45, 2.75) is 6.54 Å². The number of nitrogens with zero attached hydrogens (tertiary/aromatic N) is 1. The van der Waals surface area contributed by atoms with Crippen LogP contribution in [0.25, 0.3) is 0 Å². The number of anilines is 1. The number of hydrogen-bond donors (Lipinski definition) is 1. The SMILES string of the molecule is COc1cc(OC)c(OC)cc1CNc1ccnc(Cl)c1. The molecule has 0 aliphatic heterocycles. The van der Waals surface area contributed by atoms with E-state index in [1.165, 1.54) is 0 Å². The lowest BCUT2D eigenvalue weighted by atomic mass is 10.1. The van der Waals surface area contributed by atoms with Gasteiger partial charge in [0.1, 0.15) is 10.9 Å². The first kappa shape index (κ1) is 15.3. The van der Waals surface area contributed by atoms with Gasteiger partial charge in [-0.1, -0.05) is 11.6 Å². The molecule has 0 fully saturated rings. The van der Waals surface area contributed by atoms with E-state index in [1.54, 1.807) is 39.7 Å². The number of methoxy groups -OCH3 is 3. The molecule has 0 radical (unpaired) electrons. The molecule has 1 N–H and O–H groups in total. The first-order valence-corrected chi connectivity index (χ1v) is 6.70. The molecule has 21 heavy (non-hydrogen) atoms. The molecule has 112 valence electrons. The molecule has 0 aliphatic carbocycles. The van der Waals surface area contributed by atoms with Gasteiger partial charge in [-0.2, -0.15) is 0 Å². The maximum Gasteiger partial charge on any atom is 0.164 e. The Morgan fingerprint density at radius 2 is 1.67 bits per heavy atom. The molecule has 0 amide bonds. The Kier molecular flexibility index (Phi) is 5.11. The highest BCUT2D eigenvalue weighted by atomic mass is 35.5. The monoisotopic (exact) mass is 308 g/mol. The second kappa shape index (κ2) is 7.04. The van der Waals surface area contributed by atoms with E-state index in [4.69, 9.17) is 25.8 Å². The zero-order valence-electron chi connectivity index (χ0n) is 12.1. The van der Waals surface area contributed by atoms with Gasteiger partial charge in [0.15, 0.2) is 11.5 Å². The van der Waals surface area contributed by atoms with Gasteiger partial charge in [-0.05, 0) is 18.2 Å². The van der Waals surface area contributed by atoms with Crippen LogP contribution >= 0.6 is 11.6 Å². The van der Waals surface area contributed by atoms with Crippen molar-refractivity contribution in [3.63, 3.8) is 0 Å². The summed E-state index contributed by atoms with van der Waals surface area (Å²) >= 11 is 5.86. The van der Waals surface area contributed by atoms with Gasteiger partial charge in [0.25, 0.3) is 0 Å². The molecule has 0 bridgehead atoms. The van der Waals surface area contributed by atoms with Crippen LogP contribution < -0.4 is 19.5 Å². The van der Waals surface area contributed by atoms with Crippen LogP contribution in [0.15, 0.2) is 30.5 Å². The van der Waals surface area contributed by atoms with Gasteiger partial charge in [-0.3, -0.25) is 0 Å². The number of aromatic nitrogens is 1.